The Bertz CT molecular complexity index is 1130. The fraction of sp³-hybridized carbons (Fsp3) is 0.0500. The van der Waals surface area contributed by atoms with Gasteiger partial charge in [-0.3, -0.25) is 10.1 Å². The van der Waals surface area contributed by atoms with Gasteiger partial charge in [0.25, 0.3) is 15.7 Å². The van der Waals surface area contributed by atoms with Crippen LogP contribution in [-0.4, -0.2) is 19.4 Å². The predicted octanol–water partition coefficient (Wildman–Crippen LogP) is 3.65. The molecule has 0 bridgehead atoms. The molecule has 1 N–H and O–H groups in total. The van der Waals surface area contributed by atoms with E-state index in [1.54, 1.807) is 16.9 Å². The van der Waals surface area contributed by atoms with Crippen molar-refractivity contribution in [3.8, 4) is 11.5 Å². The van der Waals surface area contributed by atoms with Crippen LogP contribution in [0.2, 0.25) is 0 Å². The summed E-state index contributed by atoms with van der Waals surface area (Å²) in [5.74, 6) is 0.656. The molecule has 0 heterocycles. The maximum atomic E-state index is 12.2. The molecule has 0 aliphatic rings. The second-order valence-corrected chi connectivity index (χ2v) is 7.67. The third kappa shape index (κ3) is 5.55. The number of benzene rings is 3. The summed E-state index contributed by atoms with van der Waals surface area (Å²) < 4.78 is 36.7. The summed E-state index contributed by atoms with van der Waals surface area (Å²) in [4.78, 5) is 21.6. The zero-order valence-corrected chi connectivity index (χ0v) is 16.2. The lowest BCUT2D eigenvalue weighted by Crippen LogP contribution is -2.33. The topological polar surface area (TPSA) is 125 Å². The number of amides is 1. The van der Waals surface area contributed by atoms with Crippen LogP contribution >= 0.6 is 0 Å². The first-order valence-corrected chi connectivity index (χ1v) is 10.1. The van der Waals surface area contributed by atoms with Crippen LogP contribution in [0.1, 0.15) is 5.56 Å². The Morgan fingerprint density at radius 3 is 2.10 bits per heavy atom. The molecule has 9 nitrogen and oxygen atoms in total. The molecule has 3 aromatic carbocycles. The number of ether oxygens (including phenoxy) is 2. The molecule has 1 amide bonds. The predicted molar refractivity (Wildman–Crippen MR) is 107 cm³/mol. The number of hydrogen-bond acceptors (Lipinski definition) is 7. The number of nitro benzene ring substituents is 1. The minimum atomic E-state index is -4.24. The monoisotopic (exact) mass is 428 g/mol. The lowest BCUT2D eigenvalue weighted by molar-refractivity contribution is -0.384. The number of carbonyl (C=O) groups is 1. The van der Waals surface area contributed by atoms with Crippen LogP contribution in [0.4, 0.5) is 10.5 Å². The number of hydrogen-bond donors (Lipinski definition) is 1. The van der Waals surface area contributed by atoms with Crippen molar-refractivity contribution >= 4 is 21.8 Å². The Morgan fingerprint density at radius 1 is 0.900 bits per heavy atom. The second kappa shape index (κ2) is 9.05. The molecule has 0 spiro atoms. The maximum absolute atomic E-state index is 12.2. The number of nitro groups is 1. The SMILES string of the molecule is O=C(NS(=O)(=O)c1ccc([N+](=O)[O-])cc1)Oc1ccc(OCc2ccccc2)cc1. The lowest BCUT2D eigenvalue weighted by atomic mass is 10.2. The van der Waals surface area contributed by atoms with Crippen LogP contribution in [0.5, 0.6) is 11.5 Å². The number of nitrogens with one attached hydrogen (secondary N) is 1. The van der Waals surface area contributed by atoms with Crippen molar-refractivity contribution < 1.29 is 27.6 Å². The third-order valence-electron chi connectivity index (χ3n) is 3.86. The van der Waals surface area contributed by atoms with E-state index in [-0.39, 0.29) is 16.3 Å². The summed E-state index contributed by atoms with van der Waals surface area (Å²) in [6, 6.07) is 19.7. The smallest absolute Gasteiger partial charge is 0.426 e. The maximum Gasteiger partial charge on any atom is 0.426 e. The van der Waals surface area contributed by atoms with Crippen molar-refractivity contribution in [2.45, 2.75) is 11.5 Å². The van der Waals surface area contributed by atoms with E-state index in [1.807, 2.05) is 30.3 Å². The molecule has 0 unspecified atom stereocenters. The Morgan fingerprint density at radius 2 is 1.50 bits per heavy atom. The van der Waals surface area contributed by atoms with Crippen molar-refractivity contribution in [3.63, 3.8) is 0 Å². The van der Waals surface area contributed by atoms with Crippen molar-refractivity contribution in [1.82, 2.24) is 4.72 Å². The quantitative estimate of drug-likeness (QED) is 0.450. The van der Waals surface area contributed by atoms with Crippen LogP contribution in [0.25, 0.3) is 0 Å². The van der Waals surface area contributed by atoms with Crippen molar-refractivity contribution in [1.29, 1.82) is 0 Å². The summed E-state index contributed by atoms with van der Waals surface area (Å²) in [6.07, 6.45) is -1.22. The van der Waals surface area contributed by atoms with Crippen molar-refractivity contribution in [3.05, 3.63) is 94.5 Å². The van der Waals surface area contributed by atoms with Gasteiger partial charge in [0.1, 0.15) is 18.1 Å². The number of non-ortho nitro benzene ring substituents is 1. The molecule has 3 rings (SSSR count). The van der Waals surface area contributed by atoms with Crippen LogP contribution < -0.4 is 14.2 Å². The first kappa shape index (κ1) is 20.8. The fourth-order valence-corrected chi connectivity index (χ4v) is 3.26. The van der Waals surface area contributed by atoms with Crippen LogP contribution in [0.3, 0.4) is 0 Å². The second-order valence-electron chi connectivity index (χ2n) is 5.99. The van der Waals surface area contributed by atoms with Crippen LogP contribution in [0, 0.1) is 10.1 Å². The zero-order chi connectivity index (χ0) is 21.6. The first-order valence-electron chi connectivity index (χ1n) is 8.59. The average molecular weight is 428 g/mol. The molecule has 30 heavy (non-hydrogen) atoms. The van der Waals surface area contributed by atoms with Gasteiger partial charge in [-0.05, 0) is 42.0 Å². The average Bonchev–Trinajstić information content (AvgIpc) is 2.73. The van der Waals surface area contributed by atoms with E-state index in [1.165, 1.54) is 12.1 Å². The van der Waals surface area contributed by atoms with E-state index in [2.05, 4.69) is 0 Å². The zero-order valence-electron chi connectivity index (χ0n) is 15.4. The number of sulfonamides is 1. The van der Waals surface area contributed by atoms with Gasteiger partial charge in [-0.2, -0.15) is 0 Å². The summed E-state index contributed by atoms with van der Waals surface area (Å²) in [5.41, 5.74) is 0.722. The molecule has 0 radical (unpaired) electrons. The molecular formula is C20H16N2O7S. The van der Waals surface area contributed by atoms with E-state index in [9.17, 15) is 23.3 Å². The number of rotatable bonds is 7. The van der Waals surface area contributed by atoms with Crippen LogP contribution in [0.15, 0.2) is 83.8 Å². The van der Waals surface area contributed by atoms with Crippen LogP contribution in [-0.2, 0) is 16.6 Å². The van der Waals surface area contributed by atoms with E-state index >= 15 is 0 Å². The van der Waals surface area contributed by atoms with Gasteiger partial charge in [-0.15, -0.1) is 0 Å². The molecule has 3 aromatic rings. The summed E-state index contributed by atoms with van der Waals surface area (Å²) in [6.45, 7) is 0.370. The van der Waals surface area contributed by atoms with E-state index in [4.69, 9.17) is 9.47 Å². The van der Waals surface area contributed by atoms with E-state index in [0.717, 1.165) is 29.8 Å². The number of carbonyl (C=O) groups excluding carboxylic acids is 1. The normalized spacial score (nSPS) is 10.8. The highest BCUT2D eigenvalue weighted by molar-refractivity contribution is 7.90. The molecular weight excluding hydrogens is 412 g/mol. The molecule has 0 aromatic heterocycles. The highest BCUT2D eigenvalue weighted by atomic mass is 32.2. The Hall–Kier alpha value is -3.92. The van der Waals surface area contributed by atoms with Gasteiger partial charge in [-0.25, -0.2) is 17.9 Å². The highest BCUT2D eigenvalue weighted by Gasteiger charge is 2.20. The Balaban J connectivity index is 1.56. The minimum absolute atomic E-state index is 0.110. The Labute approximate surface area is 172 Å². The third-order valence-corrected chi connectivity index (χ3v) is 5.19. The lowest BCUT2D eigenvalue weighted by Gasteiger charge is -2.09. The largest absolute Gasteiger partial charge is 0.489 e. The van der Waals surface area contributed by atoms with Gasteiger partial charge in [0, 0.05) is 12.1 Å². The van der Waals surface area contributed by atoms with Gasteiger partial charge in [-0.1, -0.05) is 30.3 Å². The standard InChI is InChI=1S/C20H16N2O7S/c23-20(21-30(26,27)19-12-6-16(7-13-19)22(24)25)29-18-10-8-17(9-11-18)28-14-15-4-2-1-3-5-15/h1-13H,14H2,(H,21,23). The summed E-state index contributed by atoms with van der Waals surface area (Å²) in [7, 11) is -4.24. The molecule has 10 heteroatoms. The molecule has 0 aliphatic carbocycles. The molecule has 0 saturated heterocycles. The van der Waals surface area contributed by atoms with Gasteiger partial charge >= 0.3 is 6.09 Å². The molecule has 0 aliphatic heterocycles. The van der Waals surface area contributed by atoms with Gasteiger partial charge in [0.05, 0.1) is 9.82 Å². The first-order chi connectivity index (χ1) is 14.3. The molecule has 154 valence electrons. The van der Waals surface area contributed by atoms with Crippen molar-refractivity contribution in [2.75, 3.05) is 0 Å². The minimum Gasteiger partial charge on any atom is -0.489 e. The molecule has 0 fully saturated rings. The highest BCUT2D eigenvalue weighted by Crippen LogP contribution is 2.20. The van der Waals surface area contributed by atoms with E-state index < -0.39 is 21.0 Å². The molecule has 0 saturated carbocycles. The van der Waals surface area contributed by atoms with Gasteiger partial charge in [0.15, 0.2) is 0 Å². The van der Waals surface area contributed by atoms with Gasteiger partial charge < -0.3 is 9.47 Å². The summed E-state index contributed by atoms with van der Waals surface area (Å²) in [5, 5.41) is 10.6. The van der Waals surface area contributed by atoms with Gasteiger partial charge in [0.2, 0.25) is 0 Å². The van der Waals surface area contributed by atoms with Crippen molar-refractivity contribution in [2.24, 2.45) is 0 Å². The fourth-order valence-electron chi connectivity index (χ4n) is 2.39. The van der Waals surface area contributed by atoms with E-state index in [0.29, 0.717) is 12.4 Å². The Kier molecular flexibility index (Phi) is 6.28. The molecule has 0 atom stereocenters. The summed E-state index contributed by atoms with van der Waals surface area (Å²) >= 11 is 0. The number of nitrogens with zero attached hydrogens (tertiary/aromatic N) is 1.